The second-order valence-corrected chi connectivity index (χ2v) is 7.45. The lowest BCUT2D eigenvalue weighted by Gasteiger charge is -2.15. The second-order valence-electron chi connectivity index (χ2n) is 4.77. The molecule has 0 aliphatic heterocycles. The molecule has 0 spiro atoms. The number of fused-ring (bicyclic) bond motifs is 1. The highest BCUT2D eigenvalue weighted by Gasteiger charge is 2.16. The van der Waals surface area contributed by atoms with E-state index in [0.29, 0.717) is 0 Å². The fraction of sp³-hybridized carbons (Fsp3) is 0.188. The summed E-state index contributed by atoms with van der Waals surface area (Å²) in [5, 5.41) is 5.91. The molecule has 0 radical (unpaired) electrons. The third-order valence-corrected chi connectivity index (χ3v) is 6.08. The van der Waals surface area contributed by atoms with Gasteiger partial charge < -0.3 is 5.32 Å². The van der Waals surface area contributed by atoms with E-state index >= 15 is 0 Å². The van der Waals surface area contributed by atoms with Crippen molar-refractivity contribution in [2.24, 2.45) is 0 Å². The average Bonchev–Trinajstić information content (AvgIpc) is 3.08. The van der Waals surface area contributed by atoms with Crippen LogP contribution in [0.15, 0.2) is 47.8 Å². The van der Waals surface area contributed by atoms with Crippen molar-refractivity contribution in [2.45, 2.75) is 12.5 Å². The van der Waals surface area contributed by atoms with Gasteiger partial charge in [0.15, 0.2) is 0 Å². The Balaban J connectivity index is 1.68. The van der Waals surface area contributed by atoms with E-state index in [1.807, 2.05) is 24.3 Å². The number of alkyl halides is 1. The van der Waals surface area contributed by atoms with Crippen LogP contribution in [0.25, 0.3) is 9.40 Å². The van der Waals surface area contributed by atoms with Crippen LogP contribution in [0.4, 0.5) is 0 Å². The lowest BCUT2D eigenvalue weighted by Crippen LogP contribution is -2.37. The second kappa shape index (κ2) is 6.73. The van der Waals surface area contributed by atoms with Crippen LogP contribution in [0, 0.1) is 0 Å². The van der Waals surface area contributed by atoms with Crippen molar-refractivity contribution < 1.29 is 4.79 Å². The van der Waals surface area contributed by atoms with E-state index in [0.717, 1.165) is 16.6 Å². The Labute approximate surface area is 139 Å². The topological polar surface area (TPSA) is 29.1 Å². The van der Waals surface area contributed by atoms with Gasteiger partial charge in [-0.1, -0.05) is 46.3 Å². The molecule has 2 heterocycles. The van der Waals surface area contributed by atoms with Gasteiger partial charge in [0.2, 0.25) is 0 Å². The molecule has 1 amide bonds. The first-order valence-corrected chi connectivity index (χ1v) is 9.46. The smallest absolute Gasteiger partial charge is 0.261 e. The molecule has 5 heteroatoms. The Morgan fingerprint density at radius 3 is 2.71 bits per heavy atom. The average molecular weight is 380 g/mol. The van der Waals surface area contributed by atoms with Gasteiger partial charge in [0.05, 0.1) is 4.88 Å². The summed E-state index contributed by atoms with van der Waals surface area (Å²) < 4.78 is 2.37. The maximum atomic E-state index is 12.4. The predicted molar refractivity (Wildman–Crippen MR) is 94.9 cm³/mol. The molecule has 1 atom stereocenters. The number of thiophene rings is 2. The van der Waals surface area contributed by atoms with Gasteiger partial charge in [-0.3, -0.25) is 4.79 Å². The zero-order valence-corrected chi connectivity index (χ0v) is 14.4. The third-order valence-electron chi connectivity index (χ3n) is 3.21. The molecule has 3 aromatic rings. The van der Waals surface area contributed by atoms with E-state index in [1.54, 1.807) is 22.7 Å². The van der Waals surface area contributed by atoms with E-state index in [4.69, 9.17) is 0 Å². The number of nitrogens with one attached hydrogen (secondary N) is 1. The van der Waals surface area contributed by atoms with Gasteiger partial charge >= 0.3 is 0 Å². The van der Waals surface area contributed by atoms with Crippen molar-refractivity contribution >= 4 is 53.9 Å². The molecular formula is C16H14BrNOS2. The molecular weight excluding hydrogens is 366 g/mol. The van der Waals surface area contributed by atoms with Crippen LogP contribution in [-0.2, 0) is 6.42 Å². The molecule has 1 aromatic carbocycles. The van der Waals surface area contributed by atoms with Crippen molar-refractivity contribution in [3.05, 3.63) is 58.3 Å². The van der Waals surface area contributed by atoms with Gasteiger partial charge in [0, 0.05) is 20.8 Å². The van der Waals surface area contributed by atoms with Crippen molar-refractivity contribution in [2.75, 3.05) is 5.33 Å². The van der Waals surface area contributed by atoms with Crippen LogP contribution in [0.1, 0.15) is 15.2 Å². The van der Waals surface area contributed by atoms with Crippen LogP contribution in [0.3, 0.4) is 0 Å². The molecule has 0 saturated heterocycles. The van der Waals surface area contributed by atoms with E-state index in [1.165, 1.54) is 15.0 Å². The summed E-state index contributed by atoms with van der Waals surface area (Å²) in [5.41, 5.74) is 1.23. The van der Waals surface area contributed by atoms with Gasteiger partial charge in [-0.2, -0.15) is 0 Å². The van der Waals surface area contributed by atoms with E-state index in [9.17, 15) is 4.79 Å². The van der Waals surface area contributed by atoms with Crippen LogP contribution in [0.2, 0.25) is 0 Å². The molecule has 2 nitrogen and oxygen atoms in total. The number of benzene rings is 1. The normalized spacial score (nSPS) is 12.4. The minimum absolute atomic E-state index is 0.0174. The standard InChI is InChI=1S/C16H14BrNOS2/c17-10-12(8-11-4-2-1-3-5-11)18-16(19)15-9-14-13(21-15)6-7-20-14/h1-7,9,12H,8,10H2,(H,18,19). The number of hydrogen-bond acceptors (Lipinski definition) is 3. The number of carbonyl (C=O) groups is 1. The summed E-state index contributed by atoms with van der Waals surface area (Å²) >= 11 is 6.72. The van der Waals surface area contributed by atoms with Crippen molar-refractivity contribution in [3.63, 3.8) is 0 Å². The molecule has 0 aliphatic rings. The summed E-state index contributed by atoms with van der Waals surface area (Å²) in [5.74, 6) is 0.0174. The first-order chi connectivity index (χ1) is 10.3. The van der Waals surface area contributed by atoms with Gasteiger partial charge in [0.25, 0.3) is 5.91 Å². The van der Waals surface area contributed by atoms with Crippen molar-refractivity contribution in [1.29, 1.82) is 0 Å². The molecule has 0 saturated carbocycles. The molecule has 1 N–H and O–H groups in total. The molecule has 21 heavy (non-hydrogen) atoms. The molecule has 0 bridgehead atoms. The largest absolute Gasteiger partial charge is 0.347 e. The summed E-state index contributed by atoms with van der Waals surface area (Å²) in [4.78, 5) is 13.1. The number of amides is 1. The Hall–Kier alpha value is -1.17. The molecule has 1 unspecified atom stereocenters. The molecule has 0 fully saturated rings. The Morgan fingerprint density at radius 1 is 1.19 bits per heavy atom. The zero-order valence-electron chi connectivity index (χ0n) is 11.2. The minimum atomic E-state index is 0.0174. The van der Waals surface area contributed by atoms with E-state index in [-0.39, 0.29) is 11.9 Å². The first-order valence-electron chi connectivity index (χ1n) is 6.64. The summed E-state index contributed by atoms with van der Waals surface area (Å²) in [6.45, 7) is 0. The van der Waals surface area contributed by atoms with Crippen molar-refractivity contribution in [1.82, 2.24) is 5.32 Å². The lowest BCUT2D eigenvalue weighted by atomic mass is 10.1. The fourth-order valence-electron chi connectivity index (χ4n) is 2.18. The SMILES string of the molecule is O=C(NC(CBr)Cc1ccccc1)c1cc2sccc2s1. The zero-order chi connectivity index (χ0) is 14.7. The summed E-state index contributed by atoms with van der Waals surface area (Å²) in [6, 6.07) is 14.4. The predicted octanol–water partition coefficient (Wildman–Crippen LogP) is 4.70. The van der Waals surface area contributed by atoms with Gasteiger partial charge in [-0.15, -0.1) is 22.7 Å². The van der Waals surface area contributed by atoms with Gasteiger partial charge in [-0.05, 0) is 29.5 Å². The fourth-order valence-corrected chi connectivity index (χ4v) is 4.58. The minimum Gasteiger partial charge on any atom is -0.347 e. The highest BCUT2D eigenvalue weighted by atomic mass is 79.9. The number of rotatable bonds is 5. The Bertz CT molecular complexity index is 706. The van der Waals surface area contributed by atoms with Gasteiger partial charge in [-0.25, -0.2) is 0 Å². The highest BCUT2D eigenvalue weighted by Crippen LogP contribution is 2.29. The van der Waals surface area contributed by atoms with Crippen LogP contribution in [-0.4, -0.2) is 17.3 Å². The third kappa shape index (κ3) is 3.54. The summed E-state index contributed by atoms with van der Waals surface area (Å²) in [7, 11) is 0. The van der Waals surface area contributed by atoms with E-state index in [2.05, 4.69) is 44.8 Å². The van der Waals surface area contributed by atoms with Crippen LogP contribution >= 0.6 is 38.6 Å². The molecule has 3 rings (SSSR count). The quantitative estimate of drug-likeness (QED) is 0.639. The van der Waals surface area contributed by atoms with Crippen LogP contribution < -0.4 is 5.32 Å². The van der Waals surface area contributed by atoms with E-state index < -0.39 is 0 Å². The molecule has 2 aromatic heterocycles. The van der Waals surface area contributed by atoms with Crippen LogP contribution in [0.5, 0.6) is 0 Å². The highest BCUT2D eigenvalue weighted by molar-refractivity contribution is 9.09. The molecule has 108 valence electrons. The number of halogens is 1. The monoisotopic (exact) mass is 379 g/mol. The van der Waals surface area contributed by atoms with Gasteiger partial charge in [0.1, 0.15) is 0 Å². The number of hydrogen-bond donors (Lipinski definition) is 1. The Kier molecular flexibility index (Phi) is 4.73. The maximum absolute atomic E-state index is 12.4. The maximum Gasteiger partial charge on any atom is 0.261 e. The first kappa shape index (κ1) is 14.8. The lowest BCUT2D eigenvalue weighted by molar-refractivity contribution is 0.0945. The molecule has 0 aliphatic carbocycles. The summed E-state index contributed by atoms with van der Waals surface area (Å²) in [6.07, 6.45) is 0.831. The number of carbonyl (C=O) groups excluding carboxylic acids is 1. The van der Waals surface area contributed by atoms with Crippen molar-refractivity contribution in [3.8, 4) is 0 Å². The Morgan fingerprint density at radius 2 is 2.00 bits per heavy atom.